The van der Waals surface area contributed by atoms with Gasteiger partial charge in [0.1, 0.15) is 5.78 Å². The van der Waals surface area contributed by atoms with E-state index < -0.39 is 0 Å². The van der Waals surface area contributed by atoms with E-state index in [1.807, 2.05) is 61.9 Å². The van der Waals surface area contributed by atoms with Crippen LogP contribution in [-0.4, -0.2) is 15.6 Å². The van der Waals surface area contributed by atoms with Crippen molar-refractivity contribution in [1.29, 1.82) is 0 Å². The molecule has 2 rings (SSSR count). The van der Waals surface area contributed by atoms with Crippen LogP contribution in [0.1, 0.15) is 36.8 Å². The van der Waals surface area contributed by atoms with Gasteiger partial charge in [0.2, 0.25) is 0 Å². The molecule has 0 spiro atoms. The molecule has 0 radical (unpaired) electrons. The molecule has 0 saturated carbocycles. The highest BCUT2D eigenvalue weighted by Crippen LogP contribution is 2.21. The topological polar surface area (TPSA) is 60.9 Å². The number of benzene rings is 1. The summed E-state index contributed by atoms with van der Waals surface area (Å²) in [6.07, 6.45) is 0.385. The average Bonchev–Trinajstić information content (AvgIpc) is 2.86. The van der Waals surface area contributed by atoms with Crippen molar-refractivity contribution in [3.8, 4) is 0 Å². The van der Waals surface area contributed by atoms with Crippen molar-refractivity contribution in [3.63, 3.8) is 0 Å². The Bertz CT molecular complexity index is 604. The monoisotopic (exact) mass is 285 g/mol. The van der Waals surface area contributed by atoms with E-state index in [1.54, 1.807) is 0 Å². The summed E-state index contributed by atoms with van der Waals surface area (Å²) >= 11 is 0. The largest absolute Gasteiger partial charge is 0.323 e. The molecule has 0 amide bonds. The molecule has 2 atom stereocenters. The van der Waals surface area contributed by atoms with Crippen molar-refractivity contribution in [2.24, 2.45) is 11.7 Å². The second kappa shape index (κ2) is 6.68. The number of Topliss-reactive ketones (excluding diaryl/α,β-unsaturated/α-hetero) is 1. The van der Waals surface area contributed by atoms with Gasteiger partial charge >= 0.3 is 0 Å². The molecule has 0 aliphatic rings. The zero-order valence-electron chi connectivity index (χ0n) is 12.9. The Hall–Kier alpha value is -1.94. The quantitative estimate of drug-likeness (QED) is 0.887. The summed E-state index contributed by atoms with van der Waals surface area (Å²) in [6, 6.07) is 11.5. The van der Waals surface area contributed by atoms with E-state index in [9.17, 15) is 4.79 Å². The van der Waals surface area contributed by atoms with Crippen molar-refractivity contribution in [3.05, 3.63) is 53.3 Å². The maximum absolute atomic E-state index is 12.5. The van der Waals surface area contributed by atoms with Gasteiger partial charge in [0.05, 0.1) is 5.69 Å². The molecule has 112 valence electrons. The molecule has 21 heavy (non-hydrogen) atoms. The minimum absolute atomic E-state index is 0.154. The number of rotatable bonds is 6. The normalized spacial score (nSPS) is 13.9. The molecule has 0 bridgehead atoms. The van der Waals surface area contributed by atoms with Gasteiger partial charge in [0.25, 0.3) is 0 Å². The fraction of sp³-hybridized carbons (Fsp3) is 0.412. The highest BCUT2D eigenvalue weighted by Gasteiger charge is 2.23. The lowest BCUT2D eigenvalue weighted by atomic mass is 9.90. The van der Waals surface area contributed by atoms with Gasteiger partial charge in [-0.1, -0.05) is 37.3 Å². The van der Waals surface area contributed by atoms with E-state index in [0.717, 1.165) is 23.5 Å². The first kappa shape index (κ1) is 15.4. The average molecular weight is 285 g/mol. The van der Waals surface area contributed by atoms with Gasteiger partial charge in [-0.3, -0.25) is 9.48 Å². The minimum Gasteiger partial charge on any atom is -0.323 e. The maximum Gasteiger partial charge on any atom is 0.143 e. The first-order valence-electron chi connectivity index (χ1n) is 7.39. The van der Waals surface area contributed by atoms with Crippen LogP contribution in [0.2, 0.25) is 0 Å². The fourth-order valence-electron chi connectivity index (χ4n) is 2.52. The van der Waals surface area contributed by atoms with E-state index in [0.29, 0.717) is 6.42 Å². The SMILES string of the molecule is CCn1nc(C)cc1CC(=O)C(C)C(N)c1ccccc1. The molecular weight excluding hydrogens is 262 g/mol. The lowest BCUT2D eigenvalue weighted by Crippen LogP contribution is -2.27. The Labute approximate surface area is 126 Å². The Morgan fingerprint density at radius 1 is 1.33 bits per heavy atom. The summed E-state index contributed by atoms with van der Waals surface area (Å²) in [5.74, 6) is -0.0612. The summed E-state index contributed by atoms with van der Waals surface area (Å²) in [7, 11) is 0. The van der Waals surface area contributed by atoms with Crippen molar-refractivity contribution >= 4 is 5.78 Å². The van der Waals surface area contributed by atoms with Crippen LogP contribution in [0.4, 0.5) is 0 Å². The smallest absolute Gasteiger partial charge is 0.143 e. The number of carbonyl (C=O) groups excluding carboxylic acids is 1. The van der Waals surface area contributed by atoms with Gasteiger partial charge in [-0.2, -0.15) is 5.10 Å². The van der Waals surface area contributed by atoms with Crippen molar-refractivity contribution in [1.82, 2.24) is 9.78 Å². The van der Waals surface area contributed by atoms with Crippen molar-refractivity contribution < 1.29 is 4.79 Å². The molecule has 0 saturated heterocycles. The van der Waals surface area contributed by atoms with E-state index in [2.05, 4.69) is 5.10 Å². The predicted octanol–water partition coefficient (Wildman–Crippen LogP) is 2.66. The predicted molar refractivity (Wildman–Crippen MR) is 83.9 cm³/mol. The second-order valence-corrected chi connectivity index (χ2v) is 5.46. The summed E-state index contributed by atoms with van der Waals surface area (Å²) in [5, 5.41) is 4.38. The zero-order valence-corrected chi connectivity index (χ0v) is 12.9. The summed E-state index contributed by atoms with van der Waals surface area (Å²) in [6.45, 7) is 6.65. The van der Waals surface area contributed by atoms with Gasteiger partial charge in [-0.05, 0) is 25.5 Å². The van der Waals surface area contributed by atoms with Crippen molar-refractivity contribution in [2.75, 3.05) is 0 Å². The zero-order chi connectivity index (χ0) is 15.4. The molecule has 4 nitrogen and oxygen atoms in total. The highest BCUT2D eigenvalue weighted by molar-refractivity contribution is 5.83. The van der Waals surface area contributed by atoms with Crippen LogP contribution in [0.25, 0.3) is 0 Å². The molecule has 4 heteroatoms. The molecule has 2 unspecified atom stereocenters. The minimum atomic E-state index is -0.266. The van der Waals surface area contributed by atoms with Gasteiger partial charge in [-0.15, -0.1) is 0 Å². The third-order valence-electron chi connectivity index (χ3n) is 3.87. The standard InChI is InChI=1S/C17H23N3O/c1-4-20-15(10-12(2)19-20)11-16(21)13(3)17(18)14-8-6-5-7-9-14/h5-10,13,17H,4,11,18H2,1-3H3. The van der Waals surface area contributed by atoms with Gasteiger partial charge in [-0.25, -0.2) is 0 Å². The Balaban J connectivity index is 2.09. The number of nitrogens with zero attached hydrogens (tertiary/aromatic N) is 2. The third kappa shape index (κ3) is 3.58. The molecule has 1 heterocycles. The van der Waals surface area contributed by atoms with E-state index >= 15 is 0 Å². The number of hydrogen-bond donors (Lipinski definition) is 1. The van der Waals surface area contributed by atoms with Crippen molar-refractivity contribution in [2.45, 2.75) is 39.8 Å². The fourth-order valence-corrected chi connectivity index (χ4v) is 2.52. The number of ketones is 1. The van der Waals surface area contributed by atoms with E-state index in [4.69, 9.17) is 5.73 Å². The molecule has 2 N–H and O–H groups in total. The second-order valence-electron chi connectivity index (χ2n) is 5.46. The molecule has 0 aliphatic heterocycles. The number of aromatic nitrogens is 2. The van der Waals surface area contributed by atoms with Crippen LogP contribution in [0, 0.1) is 12.8 Å². The Kier molecular flexibility index (Phi) is 4.91. The van der Waals surface area contributed by atoms with E-state index in [-0.39, 0.29) is 17.7 Å². The molecule has 0 aliphatic carbocycles. The Morgan fingerprint density at radius 2 is 2.00 bits per heavy atom. The highest BCUT2D eigenvalue weighted by atomic mass is 16.1. The molecule has 0 fully saturated rings. The van der Waals surface area contributed by atoms with Crippen LogP contribution in [0.3, 0.4) is 0 Å². The molecule has 1 aromatic heterocycles. The summed E-state index contributed by atoms with van der Waals surface area (Å²) < 4.78 is 1.88. The van der Waals surface area contributed by atoms with Crippen LogP contribution in [0.5, 0.6) is 0 Å². The van der Waals surface area contributed by atoms with Gasteiger partial charge in [0, 0.05) is 30.6 Å². The number of carbonyl (C=O) groups is 1. The summed E-state index contributed by atoms with van der Waals surface area (Å²) in [5.41, 5.74) is 9.13. The van der Waals surface area contributed by atoms with Crippen LogP contribution >= 0.6 is 0 Å². The van der Waals surface area contributed by atoms with Crippen LogP contribution in [-0.2, 0) is 17.8 Å². The van der Waals surface area contributed by atoms with Gasteiger partial charge < -0.3 is 5.73 Å². The third-order valence-corrected chi connectivity index (χ3v) is 3.87. The molecule has 1 aromatic carbocycles. The van der Waals surface area contributed by atoms with Crippen LogP contribution < -0.4 is 5.73 Å². The van der Waals surface area contributed by atoms with Gasteiger partial charge in [0.15, 0.2) is 0 Å². The number of nitrogens with two attached hydrogens (primary N) is 1. The molecule has 2 aromatic rings. The lowest BCUT2D eigenvalue weighted by Gasteiger charge is -2.19. The molecular formula is C17H23N3O. The Morgan fingerprint density at radius 3 is 2.62 bits per heavy atom. The summed E-state index contributed by atoms with van der Waals surface area (Å²) in [4.78, 5) is 12.5. The van der Waals surface area contributed by atoms with Crippen LogP contribution in [0.15, 0.2) is 36.4 Å². The number of aryl methyl sites for hydroxylation is 2. The number of hydrogen-bond acceptors (Lipinski definition) is 3. The lowest BCUT2D eigenvalue weighted by molar-refractivity contribution is -0.122. The first-order valence-corrected chi connectivity index (χ1v) is 7.39. The maximum atomic E-state index is 12.5. The first-order chi connectivity index (χ1) is 10.0. The van der Waals surface area contributed by atoms with E-state index in [1.165, 1.54) is 0 Å².